The van der Waals surface area contributed by atoms with E-state index in [2.05, 4.69) is 5.10 Å². The van der Waals surface area contributed by atoms with Gasteiger partial charge in [0.15, 0.2) is 0 Å². The van der Waals surface area contributed by atoms with Gasteiger partial charge in [-0.3, -0.25) is 14.8 Å². The Kier molecular flexibility index (Phi) is 2.39. The van der Waals surface area contributed by atoms with Gasteiger partial charge in [0.25, 0.3) is 0 Å². The third-order valence-electron chi connectivity index (χ3n) is 1.43. The molecule has 1 rings (SSSR count). The van der Waals surface area contributed by atoms with E-state index in [0.717, 1.165) is 0 Å². The van der Waals surface area contributed by atoms with Crippen LogP contribution >= 0.6 is 0 Å². The summed E-state index contributed by atoms with van der Waals surface area (Å²) in [6, 6.07) is 0. The van der Waals surface area contributed by atoms with E-state index in [9.17, 15) is 15.2 Å². The van der Waals surface area contributed by atoms with Crippen LogP contribution in [-0.2, 0) is 7.05 Å². The Labute approximate surface area is 68.6 Å². The van der Waals surface area contributed by atoms with Crippen LogP contribution in [0.1, 0.15) is 11.7 Å². The van der Waals surface area contributed by atoms with Gasteiger partial charge < -0.3 is 5.11 Å². The molecule has 0 saturated carbocycles. The predicted octanol–water partition coefficient (Wildman–Crippen LogP) is -0.270. The average molecular weight is 171 g/mol. The standard InChI is InChI=1S/C6H9N3O3/c1-8-3-5(2-7-8)6(10)4-9(11)12/h2-3,6,10H,4H2,1H3. The van der Waals surface area contributed by atoms with Crippen molar-refractivity contribution < 1.29 is 10.0 Å². The lowest BCUT2D eigenvalue weighted by Gasteiger charge is -2.00. The molecule has 66 valence electrons. The summed E-state index contributed by atoms with van der Waals surface area (Å²) in [5.74, 6) is 0. The smallest absolute Gasteiger partial charge is 0.233 e. The summed E-state index contributed by atoms with van der Waals surface area (Å²) in [7, 11) is 1.68. The fourth-order valence-electron chi connectivity index (χ4n) is 0.859. The third kappa shape index (κ3) is 2.03. The number of aryl methyl sites for hydroxylation is 1. The van der Waals surface area contributed by atoms with Gasteiger partial charge in [0.2, 0.25) is 6.54 Å². The zero-order chi connectivity index (χ0) is 9.14. The molecule has 0 aliphatic carbocycles. The number of nitro groups is 1. The Morgan fingerprint density at radius 3 is 3.00 bits per heavy atom. The molecule has 1 heterocycles. The molecule has 0 spiro atoms. The molecule has 0 fully saturated rings. The molecule has 0 aliphatic rings. The van der Waals surface area contributed by atoms with Gasteiger partial charge in [-0.15, -0.1) is 0 Å². The third-order valence-corrected chi connectivity index (χ3v) is 1.43. The molecule has 0 aromatic carbocycles. The van der Waals surface area contributed by atoms with E-state index in [1.54, 1.807) is 13.2 Å². The molecule has 1 aromatic heterocycles. The molecule has 6 nitrogen and oxygen atoms in total. The molecule has 1 N–H and O–H groups in total. The van der Waals surface area contributed by atoms with Crippen LogP contribution in [0.25, 0.3) is 0 Å². The Morgan fingerprint density at radius 2 is 2.58 bits per heavy atom. The van der Waals surface area contributed by atoms with Crippen molar-refractivity contribution in [2.45, 2.75) is 6.10 Å². The largest absolute Gasteiger partial charge is 0.381 e. The molecule has 0 amide bonds. The minimum absolute atomic E-state index is 0.467. The Bertz CT molecular complexity index is 283. The van der Waals surface area contributed by atoms with E-state index in [4.69, 9.17) is 0 Å². The molecule has 0 bridgehead atoms. The monoisotopic (exact) mass is 171 g/mol. The van der Waals surface area contributed by atoms with Gasteiger partial charge >= 0.3 is 0 Å². The second kappa shape index (κ2) is 3.31. The van der Waals surface area contributed by atoms with Gasteiger partial charge in [0, 0.05) is 23.7 Å². The Morgan fingerprint density at radius 1 is 1.92 bits per heavy atom. The number of rotatable bonds is 3. The van der Waals surface area contributed by atoms with E-state index in [1.165, 1.54) is 10.9 Å². The molecule has 1 aromatic rings. The lowest BCUT2D eigenvalue weighted by atomic mass is 10.2. The maximum atomic E-state index is 10.0. The Balaban J connectivity index is 2.64. The van der Waals surface area contributed by atoms with E-state index >= 15 is 0 Å². The molecule has 1 atom stereocenters. The lowest BCUT2D eigenvalue weighted by Crippen LogP contribution is -2.11. The number of aliphatic hydroxyl groups is 1. The average Bonchev–Trinajstić information content (AvgIpc) is 2.34. The summed E-state index contributed by atoms with van der Waals surface area (Å²) in [4.78, 5) is 9.45. The van der Waals surface area contributed by atoms with Crippen molar-refractivity contribution in [3.05, 3.63) is 28.1 Å². The molecule has 6 heteroatoms. The van der Waals surface area contributed by atoms with Crippen molar-refractivity contribution >= 4 is 0 Å². The van der Waals surface area contributed by atoms with Crippen molar-refractivity contribution in [3.63, 3.8) is 0 Å². The minimum atomic E-state index is -1.06. The van der Waals surface area contributed by atoms with Crippen LogP contribution < -0.4 is 0 Å². The quantitative estimate of drug-likeness (QED) is 0.501. The van der Waals surface area contributed by atoms with Crippen LogP contribution in [0.4, 0.5) is 0 Å². The molecule has 12 heavy (non-hydrogen) atoms. The zero-order valence-electron chi connectivity index (χ0n) is 6.54. The van der Waals surface area contributed by atoms with Crippen molar-refractivity contribution in [2.75, 3.05) is 6.54 Å². The molecule has 1 unspecified atom stereocenters. The van der Waals surface area contributed by atoms with Crippen LogP contribution in [0, 0.1) is 10.1 Å². The second-order valence-electron chi connectivity index (χ2n) is 2.48. The lowest BCUT2D eigenvalue weighted by molar-refractivity contribution is -0.491. The summed E-state index contributed by atoms with van der Waals surface area (Å²) in [5, 5.41) is 23.0. The first kappa shape index (κ1) is 8.66. The van der Waals surface area contributed by atoms with Crippen LogP contribution in [0.3, 0.4) is 0 Å². The van der Waals surface area contributed by atoms with Crippen LogP contribution in [0.2, 0.25) is 0 Å². The fraction of sp³-hybridized carbons (Fsp3) is 0.500. The summed E-state index contributed by atoms with van der Waals surface area (Å²) in [6.45, 7) is -0.480. The highest BCUT2D eigenvalue weighted by atomic mass is 16.6. The van der Waals surface area contributed by atoms with Crippen LogP contribution in [0.5, 0.6) is 0 Å². The maximum Gasteiger partial charge on any atom is 0.233 e. The highest BCUT2D eigenvalue weighted by Crippen LogP contribution is 2.10. The van der Waals surface area contributed by atoms with Crippen molar-refractivity contribution in [2.24, 2.45) is 7.05 Å². The summed E-state index contributed by atoms with van der Waals surface area (Å²) in [6.07, 6.45) is 1.90. The first-order chi connectivity index (χ1) is 5.59. The van der Waals surface area contributed by atoms with Crippen molar-refractivity contribution in [3.8, 4) is 0 Å². The summed E-state index contributed by atoms with van der Waals surface area (Å²) < 4.78 is 1.48. The fourth-order valence-corrected chi connectivity index (χ4v) is 0.859. The molecule has 0 radical (unpaired) electrons. The predicted molar refractivity (Wildman–Crippen MR) is 40.0 cm³/mol. The van der Waals surface area contributed by atoms with Crippen molar-refractivity contribution in [1.82, 2.24) is 9.78 Å². The molecule has 0 aliphatic heterocycles. The number of hydrogen-bond acceptors (Lipinski definition) is 4. The summed E-state index contributed by atoms with van der Waals surface area (Å²) >= 11 is 0. The SMILES string of the molecule is Cn1cc(C(O)C[N+](=O)[O-])cn1. The Hall–Kier alpha value is -1.43. The van der Waals surface area contributed by atoms with Crippen LogP contribution in [0.15, 0.2) is 12.4 Å². The summed E-state index contributed by atoms with van der Waals surface area (Å²) in [5.41, 5.74) is 0.467. The maximum absolute atomic E-state index is 10.0. The number of aliphatic hydroxyl groups excluding tert-OH is 1. The number of nitrogens with zero attached hydrogens (tertiary/aromatic N) is 3. The number of hydrogen-bond donors (Lipinski definition) is 1. The van der Waals surface area contributed by atoms with E-state index in [0.29, 0.717) is 5.56 Å². The van der Waals surface area contributed by atoms with Gasteiger partial charge in [-0.2, -0.15) is 5.10 Å². The van der Waals surface area contributed by atoms with Crippen molar-refractivity contribution in [1.29, 1.82) is 0 Å². The van der Waals surface area contributed by atoms with Gasteiger partial charge in [0.1, 0.15) is 6.10 Å². The molecular formula is C6H9N3O3. The normalized spacial score (nSPS) is 12.8. The van der Waals surface area contributed by atoms with Gasteiger partial charge in [0.05, 0.1) is 6.20 Å². The second-order valence-corrected chi connectivity index (χ2v) is 2.48. The van der Waals surface area contributed by atoms with Gasteiger partial charge in [-0.1, -0.05) is 0 Å². The highest BCUT2D eigenvalue weighted by molar-refractivity contribution is 5.07. The van der Waals surface area contributed by atoms with E-state index in [1.807, 2.05) is 0 Å². The minimum Gasteiger partial charge on any atom is -0.381 e. The van der Waals surface area contributed by atoms with Gasteiger partial charge in [-0.05, 0) is 0 Å². The number of aromatic nitrogens is 2. The van der Waals surface area contributed by atoms with Crippen LogP contribution in [-0.4, -0.2) is 26.4 Å². The highest BCUT2D eigenvalue weighted by Gasteiger charge is 2.14. The van der Waals surface area contributed by atoms with Gasteiger partial charge in [-0.25, -0.2) is 0 Å². The molecular weight excluding hydrogens is 162 g/mol. The zero-order valence-corrected chi connectivity index (χ0v) is 6.54. The molecule has 0 saturated heterocycles. The first-order valence-corrected chi connectivity index (χ1v) is 3.38. The first-order valence-electron chi connectivity index (χ1n) is 3.38. The topological polar surface area (TPSA) is 81.2 Å². The van der Waals surface area contributed by atoms with E-state index < -0.39 is 17.6 Å². The van der Waals surface area contributed by atoms with E-state index in [-0.39, 0.29) is 0 Å².